The van der Waals surface area contributed by atoms with Gasteiger partial charge in [0.15, 0.2) is 11.7 Å². The zero-order valence-electron chi connectivity index (χ0n) is 11.4. The van der Waals surface area contributed by atoms with Gasteiger partial charge in [-0.1, -0.05) is 30.3 Å². The lowest BCUT2D eigenvalue weighted by Gasteiger charge is -2.10. The van der Waals surface area contributed by atoms with Gasteiger partial charge in [-0.3, -0.25) is 9.59 Å². The number of Topliss-reactive ketones (excluding diaryl/α,β-unsaturated/α-hetero) is 1. The molecule has 2 atom stereocenters. The Kier molecular flexibility index (Phi) is 6.41. The van der Waals surface area contributed by atoms with E-state index in [4.69, 9.17) is 10.4 Å². The van der Waals surface area contributed by atoms with Crippen molar-refractivity contribution in [3.05, 3.63) is 35.9 Å². The SMILES string of the molecule is CC(O)CC(=O)C(C#N)C(=O)NCCc1ccccc1. The Morgan fingerprint density at radius 1 is 1.35 bits per heavy atom. The van der Waals surface area contributed by atoms with E-state index in [0.717, 1.165) is 5.56 Å². The van der Waals surface area contributed by atoms with Crippen molar-refractivity contribution in [2.75, 3.05) is 6.54 Å². The summed E-state index contributed by atoms with van der Waals surface area (Å²) in [5.74, 6) is -2.51. The van der Waals surface area contributed by atoms with E-state index in [1.165, 1.54) is 6.92 Å². The maximum Gasteiger partial charge on any atom is 0.245 e. The zero-order chi connectivity index (χ0) is 15.0. The number of aliphatic hydroxyl groups excluding tert-OH is 1. The van der Waals surface area contributed by atoms with E-state index in [9.17, 15) is 9.59 Å². The predicted octanol–water partition coefficient (Wildman–Crippen LogP) is 0.825. The molecule has 0 aliphatic rings. The predicted molar refractivity (Wildman–Crippen MR) is 73.6 cm³/mol. The van der Waals surface area contributed by atoms with Crippen molar-refractivity contribution in [1.29, 1.82) is 5.26 Å². The van der Waals surface area contributed by atoms with Gasteiger partial charge >= 0.3 is 0 Å². The first kappa shape index (κ1) is 15.9. The number of nitriles is 1. The fourth-order valence-corrected chi connectivity index (χ4v) is 1.76. The molecule has 0 bridgehead atoms. The number of nitrogens with zero attached hydrogens (tertiary/aromatic N) is 1. The van der Waals surface area contributed by atoms with Crippen LogP contribution in [0.25, 0.3) is 0 Å². The van der Waals surface area contributed by atoms with Crippen LogP contribution in [-0.2, 0) is 16.0 Å². The Hall–Kier alpha value is -2.19. The van der Waals surface area contributed by atoms with Crippen LogP contribution in [0.15, 0.2) is 30.3 Å². The van der Waals surface area contributed by atoms with Gasteiger partial charge in [0.25, 0.3) is 0 Å². The van der Waals surface area contributed by atoms with E-state index >= 15 is 0 Å². The number of carbonyl (C=O) groups is 2. The molecular formula is C15H18N2O3. The molecule has 2 unspecified atom stereocenters. The molecule has 1 aromatic rings. The van der Waals surface area contributed by atoms with Crippen LogP contribution >= 0.6 is 0 Å². The normalized spacial score (nSPS) is 13.1. The Morgan fingerprint density at radius 3 is 2.55 bits per heavy atom. The van der Waals surface area contributed by atoms with Crippen LogP contribution in [0.1, 0.15) is 18.9 Å². The molecule has 0 spiro atoms. The molecule has 106 valence electrons. The lowest BCUT2D eigenvalue weighted by atomic mass is 10.00. The number of nitrogens with one attached hydrogen (secondary N) is 1. The Bertz CT molecular complexity index is 492. The summed E-state index contributed by atoms with van der Waals surface area (Å²) in [6.07, 6.45) is -0.407. The fourth-order valence-electron chi connectivity index (χ4n) is 1.76. The molecule has 0 heterocycles. The molecule has 0 aromatic heterocycles. The van der Waals surface area contributed by atoms with E-state index < -0.39 is 23.7 Å². The van der Waals surface area contributed by atoms with Crippen LogP contribution in [0.3, 0.4) is 0 Å². The first-order valence-electron chi connectivity index (χ1n) is 6.46. The second-order valence-corrected chi connectivity index (χ2v) is 4.61. The molecule has 0 saturated carbocycles. The first-order chi connectivity index (χ1) is 9.54. The van der Waals surface area contributed by atoms with Crippen molar-refractivity contribution in [1.82, 2.24) is 5.32 Å². The summed E-state index contributed by atoms with van der Waals surface area (Å²) in [7, 11) is 0. The third-order valence-corrected chi connectivity index (χ3v) is 2.77. The zero-order valence-corrected chi connectivity index (χ0v) is 11.4. The largest absolute Gasteiger partial charge is 0.393 e. The average molecular weight is 274 g/mol. The van der Waals surface area contributed by atoms with Gasteiger partial charge in [0.05, 0.1) is 12.2 Å². The maximum absolute atomic E-state index is 11.8. The average Bonchev–Trinajstić information content (AvgIpc) is 2.40. The first-order valence-corrected chi connectivity index (χ1v) is 6.46. The monoisotopic (exact) mass is 274 g/mol. The number of hydrogen-bond acceptors (Lipinski definition) is 4. The summed E-state index contributed by atoms with van der Waals surface area (Å²) < 4.78 is 0. The summed E-state index contributed by atoms with van der Waals surface area (Å²) in [6.45, 7) is 1.81. The van der Waals surface area contributed by atoms with Crippen molar-refractivity contribution in [2.45, 2.75) is 25.9 Å². The lowest BCUT2D eigenvalue weighted by molar-refractivity contribution is -0.132. The van der Waals surface area contributed by atoms with E-state index in [1.54, 1.807) is 6.07 Å². The highest BCUT2D eigenvalue weighted by Gasteiger charge is 2.26. The van der Waals surface area contributed by atoms with Crippen LogP contribution in [0.2, 0.25) is 0 Å². The van der Waals surface area contributed by atoms with Crippen molar-refractivity contribution in [2.24, 2.45) is 5.92 Å². The number of amides is 1. The maximum atomic E-state index is 11.8. The smallest absolute Gasteiger partial charge is 0.245 e. The summed E-state index contributed by atoms with van der Waals surface area (Å²) in [6, 6.07) is 11.3. The minimum Gasteiger partial charge on any atom is -0.393 e. The number of ketones is 1. The van der Waals surface area contributed by atoms with Crippen LogP contribution in [0.5, 0.6) is 0 Å². The van der Waals surface area contributed by atoms with E-state index in [-0.39, 0.29) is 6.42 Å². The molecule has 0 aliphatic carbocycles. The van der Waals surface area contributed by atoms with Gasteiger partial charge in [-0.25, -0.2) is 0 Å². The van der Waals surface area contributed by atoms with Gasteiger partial charge in [0.1, 0.15) is 0 Å². The van der Waals surface area contributed by atoms with Crippen molar-refractivity contribution in [3.8, 4) is 6.07 Å². The fraction of sp³-hybridized carbons (Fsp3) is 0.400. The van der Waals surface area contributed by atoms with Gasteiger partial charge in [0, 0.05) is 13.0 Å². The molecule has 0 fully saturated rings. The summed E-state index contributed by atoms with van der Waals surface area (Å²) in [5.41, 5.74) is 1.07. The third kappa shape index (κ3) is 5.21. The van der Waals surface area contributed by atoms with Gasteiger partial charge in [-0.15, -0.1) is 0 Å². The molecule has 1 amide bonds. The van der Waals surface area contributed by atoms with Crippen molar-refractivity contribution < 1.29 is 14.7 Å². The molecular weight excluding hydrogens is 256 g/mol. The molecule has 1 rings (SSSR count). The summed E-state index contributed by atoms with van der Waals surface area (Å²) in [4.78, 5) is 23.4. The highest BCUT2D eigenvalue weighted by Crippen LogP contribution is 2.04. The lowest BCUT2D eigenvalue weighted by Crippen LogP contribution is -2.36. The molecule has 0 aliphatic heterocycles. The number of aliphatic hydroxyl groups is 1. The van der Waals surface area contributed by atoms with Crippen LogP contribution in [-0.4, -0.2) is 29.4 Å². The van der Waals surface area contributed by atoms with Gasteiger partial charge in [0.2, 0.25) is 5.91 Å². The summed E-state index contributed by atoms with van der Waals surface area (Å²) >= 11 is 0. The van der Waals surface area contributed by atoms with Crippen LogP contribution in [0.4, 0.5) is 0 Å². The van der Waals surface area contributed by atoms with Crippen molar-refractivity contribution in [3.63, 3.8) is 0 Å². The van der Waals surface area contributed by atoms with Crippen molar-refractivity contribution >= 4 is 11.7 Å². The highest BCUT2D eigenvalue weighted by atomic mass is 16.3. The van der Waals surface area contributed by atoms with Gasteiger partial charge < -0.3 is 10.4 Å². The van der Waals surface area contributed by atoms with Crippen LogP contribution < -0.4 is 5.32 Å². The second kappa shape index (κ2) is 8.08. The van der Waals surface area contributed by atoms with E-state index in [2.05, 4.69) is 5.32 Å². The third-order valence-electron chi connectivity index (χ3n) is 2.77. The Labute approximate surface area is 118 Å². The number of carbonyl (C=O) groups excluding carboxylic acids is 2. The topological polar surface area (TPSA) is 90.2 Å². The molecule has 5 nitrogen and oxygen atoms in total. The Balaban J connectivity index is 2.44. The van der Waals surface area contributed by atoms with Crippen LogP contribution in [0, 0.1) is 17.2 Å². The standard InChI is InChI=1S/C15H18N2O3/c1-11(18)9-14(19)13(10-16)15(20)17-8-7-12-5-3-2-4-6-12/h2-6,11,13,18H,7-9H2,1H3,(H,17,20). The van der Waals surface area contributed by atoms with Gasteiger partial charge in [-0.2, -0.15) is 5.26 Å². The Morgan fingerprint density at radius 2 is 2.00 bits per heavy atom. The van der Waals surface area contributed by atoms with E-state index in [0.29, 0.717) is 13.0 Å². The molecule has 2 N–H and O–H groups in total. The molecule has 0 radical (unpaired) electrons. The molecule has 5 heteroatoms. The molecule has 20 heavy (non-hydrogen) atoms. The second-order valence-electron chi connectivity index (χ2n) is 4.61. The van der Waals surface area contributed by atoms with Gasteiger partial charge in [-0.05, 0) is 18.9 Å². The van der Waals surface area contributed by atoms with E-state index in [1.807, 2.05) is 30.3 Å². The quantitative estimate of drug-likeness (QED) is 0.720. The minimum absolute atomic E-state index is 0.190. The summed E-state index contributed by atoms with van der Waals surface area (Å²) in [5, 5.41) is 20.6. The number of benzene rings is 1. The molecule has 0 saturated heterocycles. The number of rotatable bonds is 7. The molecule has 1 aromatic carbocycles. The number of hydrogen-bond donors (Lipinski definition) is 2. The highest BCUT2D eigenvalue weighted by molar-refractivity contribution is 6.04. The minimum atomic E-state index is -1.35.